The Balaban J connectivity index is 1.10. The lowest BCUT2D eigenvalue weighted by Crippen LogP contribution is -2.01. The normalized spacial score (nSPS) is 11.7. The zero-order valence-corrected chi connectivity index (χ0v) is 30.9. The SMILES string of the molecule is N=C(/C=C(/c1ccccc1)c1cccc2ccc(-c3nc(-c4ccccc4)nc(-c4ccc(-n5c6ccccc6c6ccccc65)cc4)n3)cc12)c1ccccc1. The number of allylic oxidation sites excluding steroid dienone is 1. The summed E-state index contributed by atoms with van der Waals surface area (Å²) in [6.07, 6.45) is 1.98. The molecule has 0 spiro atoms. The van der Waals surface area contributed by atoms with Gasteiger partial charge in [0.25, 0.3) is 0 Å². The summed E-state index contributed by atoms with van der Waals surface area (Å²) in [6, 6.07) is 68.6. The largest absolute Gasteiger partial charge is 0.309 e. The van der Waals surface area contributed by atoms with E-state index in [2.05, 4.69) is 126 Å². The van der Waals surface area contributed by atoms with Crippen LogP contribution in [0.1, 0.15) is 16.7 Å². The van der Waals surface area contributed by atoms with E-state index in [-0.39, 0.29) is 0 Å². The Bertz CT molecular complexity index is 3060. The fourth-order valence-electron chi connectivity index (χ4n) is 7.74. The van der Waals surface area contributed by atoms with Crippen molar-refractivity contribution in [3.05, 3.63) is 223 Å². The molecule has 1 N–H and O–H groups in total. The molecule has 57 heavy (non-hydrogen) atoms. The van der Waals surface area contributed by atoms with Crippen LogP contribution in [0.15, 0.2) is 206 Å². The van der Waals surface area contributed by atoms with Crippen LogP contribution in [0.5, 0.6) is 0 Å². The van der Waals surface area contributed by atoms with Gasteiger partial charge in [-0.3, -0.25) is 0 Å². The Morgan fingerprint density at radius 3 is 1.56 bits per heavy atom. The molecule has 8 aromatic carbocycles. The third-order valence-electron chi connectivity index (χ3n) is 10.5. The monoisotopic (exact) mass is 729 g/mol. The van der Waals surface area contributed by atoms with E-state index < -0.39 is 0 Å². The first-order valence-corrected chi connectivity index (χ1v) is 19.0. The molecule has 0 amide bonds. The predicted octanol–water partition coefficient (Wildman–Crippen LogP) is 12.6. The van der Waals surface area contributed by atoms with E-state index in [0.29, 0.717) is 23.2 Å². The van der Waals surface area contributed by atoms with Gasteiger partial charge >= 0.3 is 0 Å². The van der Waals surface area contributed by atoms with Crippen LogP contribution in [-0.4, -0.2) is 25.2 Å². The smallest absolute Gasteiger partial charge is 0.164 e. The van der Waals surface area contributed by atoms with Crippen molar-refractivity contribution >= 4 is 43.9 Å². The molecular formula is C52H35N5. The van der Waals surface area contributed by atoms with Crippen LogP contribution in [0.3, 0.4) is 0 Å². The van der Waals surface area contributed by atoms with Gasteiger partial charge in [0, 0.05) is 33.2 Å². The first-order chi connectivity index (χ1) is 28.2. The van der Waals surface area contributed by atoms with Crippen molar-refractivity contribution in [3.8, 4) is 39.9 Å². The molecule has 0 atom stereocenters. The summed E-state index contributed by atoms with van der Waals surface area (Å²) in [5.74, 6) is 1.79. The molecule has 0 unspecified atom stereocenters. The van der Waals surface area contributed by atoms with Gasteiger partial charge in [-0.15, -0.1) is 0 Å². The molecular weight excluding hydrogens is 695 g/mol. The minimum Gasteiger partial charge on any atom is -0.309 e. The molecule has 5 heteroatoms. The molecule has 10 rings (SSSR count). The van der Waals surface area contributed by atoms with E-state index in [9.17, 15) is 0 Å². The highest BCUT2D eigenvalue weighted by Crippen LogP contribution is 2.35. The summed E-state index contributed by atoms with van der Waals surface area (Å²) in [5, 5.41) is 13.7. The van der Waals surface area contributed by atoms with E-state index in [1.165, 1.54) is 10.8 Å². The zero-order valence-electron chi connectivity index (χ0n) is 30.9. The minimum absolute atomic E-state index is 0.446. The summed E-state index contributed by atoms with van der Waals surface area (Å²) < 4.78 is 2.31. The van der Waals surface area contributed by atoms with Crippen LogP contribution in [-0.2, 0) is 0 Å². The van der Waals surface area contributed by atoms with Gasteiger partial charge in [0.15, 0.2) is 17.5 Å². The number of rotatable bonds is 8. The second-order valence-corrected chi connectivity index (χ2v) is 14.0. The Kier molecular flexibility index (Phi) is 8.58. The number of fused-ring (bicyclic) bond motifs is 4. The molecule has 0 saturated carbocycles. The fraction of sp³-hybridized carbons (Fsp3) is 0. The zero-order chi connectivity index (χ0) is 38.1. The van der Waals surface area contributed by atoms with Crippen molar-refractivity contribution in [2.45, 2.75) is 0 Å². The van der Waals surface area contributed by atoms with Crippen LogP contribution < -0.4 is 0 Å². The van der Waals surface area contributed by atoms with Crippen molar-refractivity contribution < 1.29 is 0 Å². The first kappa shape index (κ1) is 33.8. The minimum atomic E-state index is 0.446. The summed E-state index contributed by atoms with van der Waals surface area (Å²) in [4.78, 5) is 15.3. The highest BCUT2D eigenvalue weighted by molar-refractivity contribution is 6.14. The summed E-state index contributed by atoms with van der Waals surface area (Å²) in [5.41, 5.74) is 10.4. The molecule has 2 aromatic heterocycles. The topological polar surface area (TPSA) is 67.5 Å². The van der Waals surface area contributed by atoms with E-state index in [1.54, 1.807) is 0 Å². The maximum Gasteiger partial charge on any atom is 0.164 e. The Hall–Kier alpha value is -7.76. The highest BCUT2D eigenvalue weighted by atomic mass is 15.0. The van der Waals surface area contributed by atoms with Crippen molar-refractivity contribution in [1.29, 1.82) is 5.41 Å². The number of nitrogens with one attached hydrogen (secondary N) is 1. The van der Waals surface area contributed by atoms with Crippen LogP contribution >= 0.6 is 0 Å². The second-order valence-electron chi connectivity index (χ2n) is 14.0. The fourth-order valence-corrected chi connectivity index (χ4v) is 7.74. The molecule has 0 aliphatic rings. The number of para-hydroxylation sites is 2. The van der Waals surface area contributed by atoms with Crippen LogP contribution in [0, 0.1) is 5.41 Å². The molecule has 0 fully saturated rings. The summed E-state index contributed by atoms with van der Waals surface area (Å²) in [6.45, 7) is 0. The van der Waals surface area contributed by atoms with Gasteiger partial charge in [-0.1, -0.05) is 158 Å². The Morgan fingerprint density at radius 2 is 0.930 bits per heavy atom. The highest BCUT2D eigenvalue weighted by Gasteiger charge is 2.17. The van der Waals surface area contributed by atoms with Gasteiger partial charge in [-0.05, 0) is 81.6 Å². The molecule has 2 heterocycles. The lowest BCUT2D eigenvalue weighted by molar-refractivity contribution is 1.07. The quantitative estimate of drug-likeness (QED) is 0.158. The third kappa shape index (κ3) is 6.37. The summed E-state index contributed by atoms with van der Waals surface area (Å²) >= 11 is 0. The van der Waals surface area contributed by atoms with Crippen LogP contribution in [0.25, 0.3) is 78.0 Å². The van der Waals surface area contributed by atoms with Crippen LogP contribution in [0.4, 0.5) is 0 Å². The Morgan fingerprint density at radius 1 is 0.421 bits per heavy atom. The standard InChI is InChI=1S/C52H35N5/c53-47(37-17-6-2-7-18-37)34-46(35-15-4-1-5-16-35)42-24-14-21-36-27-28-40(33-45(36)42)52-55-50(38-19-8-3-9-20-38)54-51(56-52)39-29-31-41(32-30-39)57-48-25-12-10-22-43(48)44-23-11-13-26-49(44)57/h1-34,53H/b46-34-,53-47?. The van der Waals surface area contributed by atoms with Gasteiger partial charge in [0.05, 0.1) is 16.7 Å². The average Bonchev–Trinajstić information content (AvgIpc) is 3.63. The average molecular weight is 730 g/mol. The molecule has 0 saturated heterocycles. The van der Waals surface area contributed by atoms with E-state index in [1.807, 2.05) is 84.9 Å². The second kappa shape index (κ2) is 14.5. The Labute approximate surface area is 330 Å². The third-order valence-corrected chi connectivity index (χ3v) is 10.5. The molecule has 10 aromatic rings. The van der Waals surface area contributed by atoms with Gasteiger partial charge < -0.3 is 9.98 Å². The van der Waals surface area contributed by atoms with E-state index in [0.717, 1.165) is 66.4 Å². The van der Waals surface area contributed by atoms with Gasteiger partial charge in [-0.25, -0.2) is 15.0 Å². The molecule has 0 radical (unpaired) electrons. The molecule has 0 aliphatic carbocycles. The number of hydrogen-bond acceptors (Lipinski definition) is 4. The van der Waals surface area contributed by atoms with Crippen molar-refractivity contribution in [1.82, 2.24) is 19.5 Å². The molecule has 268 valence electrons. The van der Waals surface area contributed by atoms with Crippen molar-refractivity contribution in [2.75, 3.05) is 0 Å². The molecule has 5 nitrogen and oxygen atoms in total. The summed E-state index contributed by atoms with van der Waals surface area (Å²) in [7, 11) is 0. The predicted molar refractivity (Wildman–Crippen MR) is 235 cm³/mol. The lowest BCUT2D eigenvalue weighted by Gasteiger charge is -2.14. The number of nitrogens with zero attached hydrogens (tertiary/aromatic N) is 4. The number of aromatic nitrogens is 4. The van der Waals surface area contributed by atoms with E-state index >= 15 is 0 Å². The molecule has 0 bridgehead atoms. The van der Waals surface area contributed by atoms with Gasteiger partial charge in [0.1, 0.15) is 0 Å². The van der Waals surface area contributed by atoms with Gasteiger partial charge in [0.2, 0.25) is 0 Å². The number of hydrogen-bond donors (Lipinski definition) is 1. The lowest BCUT2D eigenvalue weighted by atomic mass is 9.90. The first-order valence-electron chi connectivity index (χ1n) is 19.0. The molecule has 0 aliphatic heterocycles. The van der Waals surface area contributed by atoms with Crippen molar-refractivity contribution in [3.63, 3.8) is 0 Å². The maximum atomic E-state index is 9.07. The van der Waals surface area contributed by atoms with Crippen molar-refractivity contribution in [2.24, 2.45) is 0 Å². The maximum absolute atomic E-state index is 9.07. The van der Waals surface area contributed by atoms with Crippen LogP contribution in [0.2, 0.25) is 0 Å². The van der Waals surface area contributed by atoms with Gasteiger partial charge in [-0.2, -0.15) is 0 Å². The number of benzene rings is 8. The van der Waals surface area contributed by atoms with E-state index in [4.69, 9.17) is 20.4 Å².